The van der Waals surface area contributed by atoms with Gasteiger partial charge in [0.15, 0.2) is 5.82 Å². The first-order valence-corrected chi connectivity index (χ1v) is 5.27. The van der Waals surface area contributed by atoms with Gasteiger partial charge in [0.1, 0.15) is 5.82 Å². The first kappa shape index (κ1) is 10.7. The Morgan fingerprint density at radius 3 is 2.62 bits per heavy atom. The second kappa shape index (κ2) is 4.35. The number of nitrogens with zero attached hydrogens (tertiary/aromatic N) is 1. The van der Waals surface area contributed by atoms with Crippen molar-refractivity contribution in [1.29, 1.82) is 0 Å². The Labute approximate surface area is 93.7 Å². The van der Waals surface area contributed by atoms with Gasteiger partial charge in [-0.15, -0.1) is 0 Å². The summed E-state index contributed by atoms with van der Waals surface area (Å²) in [7, 11) is 0. The zero-order valence-corrected chi connectivity index (χ0v) is 9.34. The van der Waals surface area contributed by atoms with E-state index in [-0.39, 0.29) is 5.82 Å². The van der Waals surface area contributed by atoms with E-state index in [4.69, 9.17) is 0 Å². The number of H-pyrrole nitrogens is 1. The number of aromatic nitrogens is 2. The SMILES string of the molecule is CCNc1n[nH]c(-c2ccc(F)cc2)c1C. The molecule has 0 saturated heterocycles. The van der Waals surface area contributed by atoms with Gasteiger partial charge < -0.3 is 5.32 Å². The zero-order chi connectivity index (χ0) is 11.5. The highest BCUT2D eigenvalue weighted by molar-refractivity contribution is 5.68. The van der Waals surface area contributed by atoms with E-state index in [0.717, 1.165) is 29.2 Å². The van der Waals surface area contributed by atoms with Crippen molar-refractivity contribution in [3.8, 4) is 11.3 Å². The van der Waals surface area contributed by atoms with Gasteiger partial charge in [0.05, 0.1) is 5.69 Å². The molecule has 2 aromatic rings. The van der Waals surface area contributed by atoms with Crippen molar-refractivity contribution in [3.05, 3.63) is 35.6 Å². The third-order valence-electron chi connectivity index (χ3n) is 2.49. The van der Waals surface area contributed by atoms with E-state index in [1.54, 1.807) is 12.1 Å². The summed E-state index contributed by atoms with van der Waals surface area (Å²) in [4.78, 5) is 0. The molecule has 2 rings (SSSR count). The van der Waals surface area contributed by atoms with E-state index in [9.17, 15) is 4.39 Å². The molecule has 4 heteroatoms. The van der Waals surface area contributed by atoms with Crippen LogP contribution in [0.3, 0.4) is 0 Å². The molecular weight excluding hydrogens is 205 g/mol. The van der Waals surface area contributed by atoms with Crippen molar-refractivity contribution < 1.29 is 4.39 Å². The monoisotopic (exact) mass is 219 g/mol. The van der Waals surface area contributed by atoms with Gasteiger partial charge in [-0.3, -0.25) is 5.10 Å². The summed E-state index contributed by atoms with van der Waals surface area (Å²) < 4.78 is 12.8. The number of anilines is 1. The third-order valence-corrected chi connectivity index (χ3v) is 2.49. The van der Waals surface area contributed by atoms with Gasteiger partial charge in [0, 0.05) is 17.7 Å². The number of hydrogen-bond donors (Lipinski definition) is 2. The predicted octanol–water partition coefficient (Wildman–Crippen LogP) is 2.96. The van der Waals surface area contributed by atoms with Crippen LogP contribution >= 0.6 is 0 Å². The van der Waals surface area contributed by atoms with Crippen molar-refractivity contribution in [3.63, 3.8) is 0 Å². The van der Waals surface area contributed by atoms with E-state index in [1.807, 2.05) is 13.8 Å². The van der Waals surface area contributed by atoms with E-state index in [0.29, 0.717) is 0 Å². The molecule has 0 atom stereocenters. The van der Waals surface area contributed by atoms with Crippen LogP contribution in [-0.4, -0.2) is 16.7 Å². The summed E-state index contributed by atoms with van der Waals surface area (Å²) in [6.45, 7) is 4.83. The van der Waals surface area contributed by atoms with Crippen LogP contribution in [0.25, 0.3) is 11.3 Å². The standard InChI is InChI=1S/C12H14FN3/c1-3-14-12-8(2)11(15-16-12)9-4-6-10(13)7-5-9/h4-7H,3H2,1-2H3,(H2,14,15,16). The van der Waals surface area contributed by atoms with Crippen LogP contribution in [0.4, 0.5) is 10.2 Å². The Morgan fingerprint density at radius 1 is 1.31 bits per heavy atom. The van der Waals surface area contributed by atoms with Crippen LogP contribution in [0.1, 0.15) is 12.5 Å². The fraction of sp³-hybridized carbons (Fsp3) is 0.250. The highest BCUT2D eigenvalue weighted by Gasteiger charge is 2.09. The lowest BCUT2D eigenvalue weighted by molar-refractivity contribution is 0.628. The summed E-state index contributed by atoms with van der Waals surface area (Å²) in [5.74, 6) is 0.620. The summed E-state index contributed by atoms with van der Waals surface area (Å²) in [5.41, 5.74) is 2.92. The Bertz CT molecular complexity index is 474. The van der Waals surface area contributed by atoms with Gasteiger partial charge in [-0.05, 0) is 38.1 Å². The Balaban J connectivity index is 2.37. The minimum absolute atomic E-state index is 0.229. The van der Waals surface area contributed by atoms with Crippen molar-refractivity contribution >= 4 is 5.82 Å². The maximum Gasteiger partial charge on any atom is 0.151 e. The van der Waals surface area contributed by atoms with Gasteiger partial charge in [-0.2, -0.15) is 5.10 Å². The van der Waals surface area contributed by atoms with Gasteiger partial charge >= 0.3 is 0 Å². The fourth-order valence-electron chi connectivity index (χ4n) is 1.64. The lowest BCUT2D eigenvalue weighted by Crippen LogP contribution is -1.97. The van der Waals surface area contributed by atoms with E-state index in [2.05, 4.69) is 15.5 Å². The topological polar surface area (TPSA) is 40.7 Å². The predicted molar refractivity (Wildman–Crippen MR) is 62.9 cm³/mol. The van der Waals surface area contributed by atoms with Crippen molar-refractivity contribution in [2.45, 2.75) is 13.8 Å². The molecule has 16 heavy (non-hydrogen) atoms. The van der Waals surface area contributed by atoms with E-state index >= 15 is 0 Å². The molecule has 0 bridgehead atoms. The molecule has 3 nitrogen and oxygen atoms in total. The molecule has 1 heterocycles. The molecule has 84 valence electrons. The number of nitrogens with one attached hydrogen (secondary N) is 2. The zero-order valence-electron chi connectivity index (χ0n) is 9.34. The molecule has 0 fully saturated rings. The van der Waals surface area contributed by atoms with Crippen LogP contribution < -0.4 is 5.32 Å². The summed E-state index contributed by atoms with van der Waals surface area (Å²) in [6.07, 6.45) is 0. The largest absolute Gasteiger partial charge is 0.369 e. The lowest BCUT2D eigenvalue weighted by Gasteiger charge is -2.01. The summed E-state index contributed by atoms with van der Waals surface area (Å²) >= 11 is 0. The molecule has 0 saturated carbocycles. The van der Waals surface area contributed by atoms with Crippen LogP contribution in [0, 0.1) is 12.7 Å². The molecule has 0 aliphatic rings. The minimum Gasteiger partial charge on any atom is -0.369 e. The van der Waals surface area contributed by atoms with Crippen molar-refractivity contribution in [2.75, 3.05) is 11.9 Å². The molecule has 0 radical (unpaired) electrons. The molecular formula is C12H14FN3. The molecule has 0 unspecified atom stereocenters. The van der Waals surface area contributed by atoms with Crippen LogP contribution in [0.2, 0.25) is 0 Å². The second-order valence-corrected chi connectivity index (χ2v) is 3.61. The summed E-state index contributed by atoms with van der Waals surface area (Å²) in [6, 6.07) is 6.38. The Hall–Kier alpha value is -1.84. The van der Waals surface area contributed by atoms with Gasteiger partial charge in [0.25, 0.3) is 0 Å². The molecule has 1 aromatic carbocycles. The van der Waals surface area contributed by atoms with E-state index < -0.39 is 0 Å². The van der Waals surface area contributed by atoms with Gasteiger partial charge in [0.2, 0.25) is 0 Å². The Morgan fingerprint density at radius 2 is 2.00 bits per heavy atom. The smallest absolute Gasteiger partial charge is 0.151 e. The van der Waals surface area contributed by atoms with Crippen molar-refractivity contribution in [2.24, 2.45) is 0 Å². The van der Waals surface area contributed by atoms with Crippen molar-refractivity contribution in [1.82, 2.24) is 10.2 Å². The summed E-state index contributed by atoms with van der Waals surface area (Å²) in [5, 5.41) is 10.3. The number of benzene rings is 1. The molecule has 1 aromatic heterocycles. The Kier molecular flexibility index (Phi) is 2.90. The molecule has 2 N–H and O–H groups in total. The molecule has 0 amide bonds. The van der Waals surface area contributed by atoms with Crippen LogP contribution in [0.5, 0.6) is 0 Å². The minimum atomic E-state index is -0.229. The quantitative estimate of drug-likeness (QED) is 0.833. The van der Waals surface area contributed by atoms with Crippen LogP contribution in [0.15, 0.2) is 24.3 Å². The second-order valence-electron chi connectivity index (χ2n) is 3.61. The first-order valence-electron chi connectivity index (χ1n) is 5.27. The van der Waals surface area contributed by atoms with Gasteiger partial charge in [-0.25, -0.2) is 4.39 Å². The maximum absolute atomic E-state index is 12.8. The first-order chi connectivity index (χ1) is 7.72. The highest BCUT2D eigenvalue weighted by atomic mass is 19.1. The maximum atomic E-state index is 12.8. The average Bonchev–Trinajstić information content (AvgIpc) is 2.63. The van der Waals surface area contributed by atoms with Crippen LogP contribution in [-0.2, 0) is 0 Å². The fourth-order valence-corrected chi connectivity index (χ4v) is 1.64. The lowest BCUT2D eigenvalue weighted by atomic mass is 10.1. The number of hydrogen-bond acceptors (Lipinski definition) is 2. The molecule has 0 aliphatic carbocycles. The molecule has 0 aliphatic heterocycles. The highest BCUT2D eigenvalue weighted by Crippen LogP contribution is 2.25. The number of aromatic amines is 1. The number of halogens is 1. The van der Waals surface area contributed by atoms with E-state index in [1.165, 1.54) is 12.1 Å². The molecule has 0 spiro atoms. The average molecular weight is 219 g/mol. The normalized spacial score (nSPS) is 10.4. The number of rotatable bonds is 3. The van der Waals surface area contributed by atoms with Gasteiger partial charge in [-0.1, -0.05) is 0 Å². The third kappa shape index (κ3) is 1.91.